The molecule has 0 bridgehead atoms. The molecule has 2 fully saturated rings. The van der Waals surface area contributed by atoms with Gasteiger partial charge in [0.05, 0.1) is 12.5 Å². The summed E-state index contributed by atoms with van der Waals surface area (Å²) in [6, 6.07) is -4.75. The zero-order chi connectivity index (χ0) is 39.1. The number of esters is 1. The number of hydrogen-bond donors (Lipinski definition) is 6. The quantitative estimate of drug-likeness (QED) is 0.162. The van der Waals surface area contributed by atoms with E-state index in [1.807, 2.05) is 20.8 Å². The Bertz CT molecular complexity index is 1200. The third-order valence-electron chi connectivity index (χ3n) is 10.9. The number of cyclic esters (lactones) is 1. The van der Waals surface area contributed by atoms with E-state index < -0.39 is 84.8 Å². The molecule has 5 amide bonds. The average Bonchev–Trinajstić information content (AvgIpc) is 3.10. The molecule has 10 atom stereocenters. The average molecular weight is 737 g/mol. The van der Waals surface area contributed by atoms with Gasteiger partial charge in [0.1, 0.15) is 36.8 Å². The van der Waals surface area contributed by atoms with Gasteiger partial charge >= 0.3 is 5.97 Å². The van der Waals surface area contributed by atoms with Gasteiger partial charge in [0, 0.05) is 13.6 Å². The number of carbonyl (C=O) groups excluding carboxylic acids is 6. The number of rotatable bonds is 12. The molecule has 52 heavy (non-hydrogen) atoms. The summed E-state index contributed by atoms with van der Waals surface area (Å²) in [5, 5.41) is 20.1. The first-order valence-corrected chi connectivity index (χ1v) is 19.5. The van der Waals surface area contributed by atoms with Crippen molar-refractivity contribution in [3.63, 3.8) is 0 Å². The number of nitrogens with one attached hydrogen (secondary N) is 4. The topological polar surface area (TPSA) is 209 Å². The van der Waals surface area contributed by atoms with E-state index in [4.69, 9.17) is 10.5 Å². The Labute approximate surface area is 310 Å². The molecule has 1 aliphatic carbocycles. The third-order valence-corrected chi connectivity index (χ3v) is 10.9. The van der Waals surface area contributed by atoms with Gasteiger partial charge in [-0.1, -0.05) is 74.1 Å². The minimum atomic E-state index is -1.45. The highest BCUT2D eigenvalue weighted by Gasteiger charge is 2.38. The van der Waals surface area contributed by atoms with Crippen LogP contribution in [0.5, 0.6) is 0 Å². The molecule has 14 heteroatoms. The lowest BCUT2D eigenvalue weighted by molar-refractivity contribution is -0.157. The van der Waals surface area contributed by atoms with E-state index in [0.29, 0.717) is 37.0 Å². The smallest absolute Gasteiger partial charge is 0.325 e. The number of ether oxygens (including phenoxy) is 1. The third kappa shape index (κ3) is 13.6. The van der Waals surface area contributed by atoms with Crippen LogP contribution in [-0.4, -0.2) is 103 Å². The van der Waals surface area contributed by atoms with Crippen molar-refractivity contribution >= 4 is 35.5 Å². The molecule has 298 valence electrons. The first-order chi connectivity index (χ1) is 24.6. The number of nitrogens with zero attached hydrogens (tertiary/aromatic N) is 1. The Morgan fingerprint density at radius 1 is 0.846 bits per heavy atom. The van der Waals surface area contributed by atoms with Crippen LogP contribution in [0.1, 0.15) is 113 Å². The van der Waals surface area contributed by atoms with Crippen LogP contribution in [0.25, 0.3) is 0 Å². The van der Waals surface area contributed by atoms with Crippen LogP contribution in [0.15, 0.2) is 0 Å². The van der Waals surface area contributed by atoms with Gasteiger partial charge < -0.3 is 41.7 Å². The molecule has 14 nitrogen and oxygen atoms in total. The number of amides is 5. The fraction of sp³-hybridized carbons (Fsp3) is 0.842. The molecule has 2 rings (SSSR count). The Balaban J connectivity index is 2.46. The monoisotopic (exact) mass is 737 g/mol. The Hall–Kier alpha value is -3.26. The molecule has 0 aromatic rings. The largest absolute Gasteiger partial charge is 0.460 e. The molecule has 1 aliphatic heterocycles. The zero-order valence-electron chi connectivity index (χ0n) is 32.9. The van der Waals surface area contributed by atoms with Gasteiger partial charge in [0.15, 0.2) is 0 Å². The summed E-state index contributed by atoms with van der Waals surface area (Å²) < 4.78 is 5.89. The normalized spacial score (nSPS) is 31.4. The van der Waals surface area contributed by atoms with Gasteiger partial charge in [0.25, 0.3) is 0 Å². The second kappa shape index (κ2) is 22.1. The maximum absolute atomic E-state index is 14.2. The van der Waals surface area contributed by atoms with E-state index in [9.17, 15) is 33.9 Å². The zero-order valence-corrected chi connectivity index (χ0v) is 32.9. The lowest BCUT2D eigenvalue weighted by atomic mass is 9.72. The van der Waals surface area contributed by atoms with Crippen LogP contribution < -0.4 is 27.0 Å². The van der Waals surface area contributed by atoms with Gasteiger partial charge in [-0.2, -0.15) is 0 Å². The van der Waals surface area contributed by atoms with E-state index in [1.54, 1.807) is 20.9 Å². The molecule has 0 radical (unpaired) electrons. The fourth-order valence-corrected chi connectivity index (χ4v) is 7.72. The summed E-state index contributed by atoms with van der Waals surface area (Å²) in [6.45, 7) is 12.0. The van der Waals surface area contributed by atoms with Gasteiger partial charge in [-0.3, -0.25) is 28.8 Å². The van der Waals surface area contributed by atoms with Crippen LogP contribution >= 0.6 is 0 Å². The molecule has 0 spiro atoms. The standard InChI is InChI=1S/C38H68N6O8/c1-9-12-26-16-23(5)17-27(18-26)13-11-14-31-25(7)38(51)44(8)30(15-22(3)4)36(49)43-33(24(6)10-2)37(50)41-28(19-39)35(48)42-29(21-45)34(47)40-20-32(46)52-31/h22-31,33,45H,9-21,39H2,1-8H3,(H,40,47)(H,41,50)(H,42,48)(H,43,49)/t23?,24-,25-,26?,27?,28+,29+,30+,31-,33+/m1/s1. The molecule has 3 unspecified atom stereocenters. The Kier molecular flexibility index (Phi) is 19.1. The summed E-state index contributed by atoms with van der Waals surface area (Å²) >= 11 is 0. The predicted octanol–water partition coefficient (Wildman–Crippen LogP) is 2.01. The SMILES string of the molecule is CCCC1CC(C)CC(CCC[C@H]2OC(=O)CNC(=O)[C@H](CO)NC(=O)[C@H](CN)NC(=O)[C@H]([C@H](C)CC)NC(=O)[C@H](CC(C)C)N(C)C(=O)[C@@H]2C)C1. The molecule has 7 N–H and O–H groups in total. The number of aliphatic hydroxyl groups excluding tert-OH is 1. The number of likely N-dealkylation sites (N-methyl/N-ethyl adjacent to an activating group) is 1. The fourth-order valence-electron chi connectivity index (χ4n) is 7.72. The Morgan fingerprint density at radius 2 is 1.48 bits per heavy atom. The molecule has 2 aliphatic rings. The molecule has 1 saturated heterocycles. The van der Waals surface area contributed by atoms with Gasteiger partial charge in [-0.15, -0.1) is 0 Å². The van der Waals surface area contributed by atoms with Crippen LogP contribution in [0.3, 0.4) is 0 Å². The lowest BCUT2D eigenvalue weighted by Gasteiger charge is -2.35. The Morgan fingerprint density at radius 3 is 2.06 bits per heavy atom. The summed E-state index contributed by atoms with van der Waals surface area (Å²) in [5.74, 6) is -3.30. The molecule has 0 aromatic heterocycles. The van der Waals surface area contributed by atoms with Crippen molar-refractivity contribution in [2.75, 3.05) is 26.7 Å². The van der Waals surface area contributed by atoms with Gasteiger partial charge in [-0.25, -0.2) is 0 Å². The van der Waals surface area contributed by atoms with E-state index in [-0.39, 0.29) is 18.4 Å². The maximum Gasteiger partial charge on any atom is 0.325 e. The highest BCUT2D eigenvalue weighted by molar-refractivity contribution is 5.96. The second-order valence-electron chi connectivity index (χ2n) is 15.8. The number of aliphatic hydroxyl groups is 1. The van der Waals surface area contributed by atoms with Crippen molar-refractivity contribution < 1.29 is 38.6 Å². The van der Waals surface area contributed by atoms with Crippen molar-refractivity contribution in [1.82, 2.24) is 26.2 Å². The molecular formula is C38H68N6O8. The molecular weight excluding hydrogens is 668 g/mol. The first-order valence-electron chi connectivity index (χ1n) is 19.5. The van der Waals surface area contributed by atoms with Crippen molar-refractivity contribution in [2.24, 2.45) is 41.2 Å². The van der Waals surface area contributed by atoms with E-state index in [2.05, 4.69) is 35.1 Å². The number of carbonyl (C=O) groups is 6. The predicted molar refractivity (Wildman–Crippen MR) is 198 cm³/mol. The van der Waals surface area contributed by atoms with Gasteiger partial charge in [0.2, 0.25) is 29.5 Å². The number of hydrogen-bond acceptors (Lipinski definition) is 9. The maximum atomic E-state index is 14.2. The van der Waals surface area contributed by atoms with E-state index in [1.165, 1.54) is 24.2 Å². The van der Waals surface area contributed by atoms with Crippen LogP contribution in [-0.2, 0) is 33.5 Å². The lowest BCUT2D eigenvalue weighted by Crippen LogP contribution is -2.61. The summed E-state index contributed by atoms with van der Waals surface area (Å²) in [4.78, 5) is 82.4. The molecule has 1 saturated carbocycles. The van der Waals surface area contributed by atoms with Crippen molar-refractivity contribution in [3.8, 4) is 0 Å². The first kappa shape index (κ1) is 44.9. The van der Waals surface area contributed by atoms with E-state index >= 15 is 0 Å². The van der Waals surface area contributed by atoms with E-state index in [0.717, 1.165) is 25.7 Å². The van der Waals surface area contributed by atoms with Crippen LogP contribution in [0.2, 0.25) is 0 Å². The minimum Gasteiger partial charge on any atom is -0.460 e. The summed E-state index contributed by atoms with van der Waals surface area (Å²) in [6.07, 6.45) is 7.99. The van der Waals surface area contributed by atoms with Crippen molar-refractivity contribution in [1.29, 1.82) is 0 Å². The molecule has 1 heterocycles. The number of nitrogens with two attached hydrogens (primary N) is 1. The van der Waals surface area contributed by atoms with Gasteiger partial charge in [-0.05, 0) is 68.1 Å². The second-order valence-corrected chi connectivity index (χ2v) is 15.8. The summed E-state index contributed by atoms with van der Waals surface area (Å²) in [7, 11) is 1.55. The van der Waals surface area contributed by atoms with Crippen molar-refractivity contribution in [2.45, 2.75) is 143 Å². The van der Waals surface area contributed by atoms with Crippen LogP contribution in [0.4, 0.5) is 0 Å². The summed E-state index contributed by atoms with van der Waals surface area (Å²) in [5.41, 5.74) is 5.82. The highest BCUT2D eigenvalue weighted by atomic mass is 16.5. The molecule has 0 aromatic carbocycles. The highest BCUT2D eigenvalue weighted by Crippen LogP contribution is 2.38. The van der Waals surface area contributed by atoms with Crippen LogP contribution in [0, 0.1) is 35.5 Å². The van der Waals surface area contributed by atoms with Crippen molar-refractivity contribution in [3.05, 3.63) is 0 Å². The minimum absolute atomic E-state index is 0.00947.